The standard InChI is InChI=1S/C16H13ClF3NO2S/c1-3-21-14-13(15(22)23-4-2)10(8-24-14)9-5-6-12(17)11(7-9)16(18,19)20/h3,5-8H,4H2,1-2H3. The van der Waals surface area contributed by atoms with E-state index in [0.717, 1.165) is 23.5 Å². The van der Waals surface area contributed by atoms with Crippen molar-refractivity contribution in [2.24, 2.45) is 4.99 Å². The van der Waals surface area contributed by atoms with Gasteiger partial charge in [0.25, 0.3) is 0 Å². The van der Waals surface area contributed by atoms with Crippen LogP contribution in [0.3, 0.4) is 0 Å². The largest absolute Gasteiger partial charge is 0.462 e. The Morgan fingerprint density at radius 2 is 2.12 bits per heavy atom. The van der Waals surface area contributed by atoms with Crippen LogP contribution in [-0.4, -0.2) is 18.8 Å². The molecule has 1 aromatic heterocycles. The van der Waals surface area contributed by atoms with Crippen LogP contribution < -0.4 is 0 Å². The molecule has 0 bridgehead atoms. The van der Waals surface area contributed by atoms with Crippen LogP contribution in [0.15, 0.2) is 28.6 Å². The molecule has 0 saturated carbocycles. The first-order valence-electron chi connectivity index (χ1n) is 6.94. The minimum absolute atomic E-state index is 0.149. The van der Waals surface area contributed by atoms with Gasteiger partial charge >= 0.3 is 12.1 Å². The van der Waals surface area contributed by atoms with Crippen molar-refractivity contribution in [3.05, 3.63) is 39.7 Å². The fourth-order valence-corrected chi connectivity index (χ4v) is 3.27. The van der Waals surface area contributed by atoms with Crippen LogP contribution in [0.2, 0.25) is 5.02 Å². The summed E-state index contributed by atoms with van der Waals surface area (Å²) in [6.45, 7) is 3.48. The number of nitrogens with zero attached hydrogens (tertiary/aromatic N) is 1. The highest BCUT2D eigenvalue weighted by atomic mass is 35.5. The van der Waals surface area contributed by atoms with Crippen LogP contribution in [0, 0.1) is 0 Å². The molecule has 0 spiro atoms. The normalized spacial score (nSPS) is 11.9. The second kappa shape index (κ2) is 7.36. The van der Waals surface area contributed by atoms with Gasteiger partial charge in [0.1, 0.15) is 10.6 Å². The number of thiophene rings is 1. The smallest absolute Gasteiger partial charge is 0.417 e. The summed E-state index contributed by atoms with van der Waals surface area (Å²) >= 11 is 6.80. The Hall–Kier alpha value is -1.86. The predicted octanol–water partition coefficient (Wildman–Crippen LogP) is 5.99. The fourth-order valence-electron chi connectivity index (χ4n) is 2.08. The molecule has 1 heterocycles. The van der Waals surface area contributed by atoms with Gasteiger partial charge in [0.15, 0.2) is 0 Å². The Bertz CT molecular complexity index is 784. The van der Waals surface area contributed by atoms with Gasteiger partial charge in [-0.15, -0.1) is 11.3 Å². The van der Waals surface area contributed by atoms with Gasteiger partial charge in [0.05, 0.1) is 17.2 Å². The Morgan fingerprint density at radius 1 is 1.42 bits per heavy atom. The summed E-state index contributed by atoms with van der Waals surface area (Å²) in [5.74, 6) is -0.627. The molecule has 0 saturated heterocycles. The van der Waals surface area contributed by atoms with Crippen molar-refractivity contribution in [2.45, 2.75) is 20.0 Å². The van der Waals surface area contributed by atoms with E-state index in [2.05, 4.69) is 4.99 Å². The molecular weight excluding hydrogens is 363 g/mol. The lowest BCUT2D eigenvalue weighted by molar-refractivity contribution is -0.137. The van der Waals surface area contributed by atoms with Crippen molar-refractivity contribution in [1.82, 2.24) is 0 Å². The highest BCUT2D eigenvalue weighted by molar-refractivity contribution is 7.14. The van der Waals surface area contributed by atoms with Gasteiger partial charge in [-0.25, -0.2) is 9.79 Å². The van der Waals surface area contributed by atoms with Crippen LogP contribution in [0.25, 0.3) is 11.1 Å². The van der Waals surface area contributed by atoms with Gasteiger partial charge in [-0.05, 0) is 31.5 Å². The molecule has 3 nitrogen and oxygen atoms in total. The van der Waals surface area contributed by atoms with E-state index in [0.29, 0.717) is 10.6 Å². The van der Waals surface area contributed by atoms with Crippen molar-refractivity contribution < 1.29 is 22.7 Å². The van der Waals surface area contributed by atoms with E-state index in [1.165, 1.54) is 12.3 Å². The number of alkyl halides is 3. The number of esters is 1. The minimum atomic E-state index is -4.59. The van der Waals surface area contributed by atoms with Crippen LogP contribution in [-0.2, 0) is 10.9 Å². The van der Waals surface area contributed by atoms with Crippen LogP contribution in [0.4, 0.5) is 18.2 Å². The van der Waals surface area contributed by atoms with Crippen molar-refractivity contribution in [3.63, 3.8) is 0 Å². The number of halogens is 4. The molecule has 1 aromatic carbocycles. The molecule has 24 heavy (non-hydrogen) atoms. The highest BCUT2D eigenvalue weighted by Gasteiger charge is 2.34. The monoisotopic (exact) mass is 375 g/mol. The number of aliphatic imine (C=N–C) groups is 1. The van der Waals surface area contributed by atoms with E-state index in [-0.39, 0.29) is 17.7 Å². The molecule has 0 amide bonds. The lowest BCUT2D eigenvalue weighted by Crippen LogP contribution is -2.07. The van der Waals surface area contributed by atoms with Crippen LogP contribution in [0.1, 0.15) is 29.8 Å². The van der Waals surface area contributed by atoms with Crippen LogP contribution in [0.5, 0.6) is 0 Å². The van der Waals surface area contributed by atoms with E-state index < -0.39 is 22.7 Å². The second-order valence-corrected chi connectivity index (χ2v) is 5.89. The third-order valence-electron chi connectivity index (χ3n) is 3.08. The molecule has 0 radical (unpaired) electrons. The van der Waals surface area contributed by atoms with E-state index in [1.807, 2.05) is 0 Å². The van der Waals surface area contributed by atoms with Gasteiger partial charge < -0.3 is 4.74 Å². The summed E-state index contributed by atoms with van der Waals surface area (Å²) in [4.78, 5) is 16.3. The first-order valence-corrected chi connectivity index (χ1v) is 8.19. The summed E-state index contributed by atoms with van der Waals surface area (Å²) in [5.41, 5.74) is -0.247. The zero-order valence-electron chi connectivity index (χ0n) is 12.8. The number of benzene rings is 1. The molecule has 0 fully saturated rings. The first kappa shape index (κ1) is 18.5. The SMILES string of the molecule is CC=Nc1scc(-c2ccc(Cl)c(C(F)(F)F)c2)c1C(=O)OCC. The number of hydrogen-bond donors (Lipinski definition) is 0. The van der Waals surface area contributed by atoms with Gasteiger partial charge in [0, 0.05) is 17.2 Å². The summed E-state index contributed by atoms with van der Waals surface area (Å²) in [7, 11) is 0. The zero-order chi connectivity index (χ0) is 17.9. The van der Waals surface area contributed by atoms with Crippen molar-refractivity contribution in [1.29, 1.82) is 0 Å². The maximum Gasteiger partial charge on any atom is 0.417 e. The van der Waals surface area contributed by atoms with Gasteiger partial charge in [-0.2, -0.15) is 13.2 Å². The maximum absolute atomic E-state index is 13.1. The minimum Gasteiger partial charge on any atom is -0.462 e. The molecule has 0 N–H and O–H groups in total. The van der Waals surface area contributed by atoms with E-state index in [9.17, 15) is 18.0 Å². The molecule has 2 aromatic rings. The lowest BCUT2D eigenvalue weighted by atomic mass is 10.0. The molecular formula is C16H13ClF3NO2S. The number of ether oxygens (including phenoxy) is 1. The zero-order valence-corrected chi connectivity index (χ0v) is 14.4. The number of hydrogen-bond acceptors (Lipinski definition) is 4. The van der Waals surface area contributed by atoms with Crippen molar-refractivity contribution >= 4 is 40.1 Å². The first-order chi connectivity index (χ1) is 11.3. The molecule has 0 aliphatic carbocycles. The number of rotatable bonds is 4. The second-order valence-electron chi connectivity index (χ2n) is 4.63. The average molecular weight is 376 g/mol. The van der Waals surface area contributed by atoms with Gasteiger partial charge in [-0.3, -0.25) is 0 Å². The Balaban J connectivity index is 2.63. The maximum atomic E-state index is 13.1. The topological polar surface area (TPSA) is 38.7 Å². The van der Waals surface area contributed by atoms with Crippen LogP contribution >= 0.6 is 22.9 Å². The number of carbonyl (C=O) groups excluding carboxylic acids is 1. The van der Waals surface area contributed by atoms with Crippen molar-refractivity contribution in [3.8, 4) is 11.1 Å². The lowest BCUT2D eigenvalue weighted by Gasteiger charge is -2.11. The number of carbonyl (C=O) groups is 1. The highest BCUT2D eigenvalue weighted by Crippen LogP contribution is 2.41. The van der Waals surface area contributed by atoms with E-state index >= 15 is 0 Å². The van der Waals surface area contributed by atoms with Gasteiger partial charge in [0.2, 0.25) is 0 Å². The van der Waals surface area contributed by atoms with Crippen molar-refractivity contribution in [2.75, 3.05) is 6.61 Å². The average Bonchev–Trinajstić information content (AvgIpc) is 2.91. The van der Waals surface area contributed by atoms with E-state index in [4.69, 9.17) is 16.3 Å². The third kappa shape index (κ3) is 3.79. The molecule has 128 valence electrons. The summed E-state index contributed by atoms with van der Waals surface area (Å²) < 4.78 is 44.2. The molecule has 0 atom stereocenters. The molecule has 0 aliphatic rings. The summed E-state index contributed by atoms with van der Waals surface area (Å²) in [6, 6.07) is 3.52. The molecule has 8 heteroatoms. The van der Waals surface area contributed by atoms with Gasteiger partial charge in [-0.1, -0.05) is 17.7 Å². The Morgan fingerprint density at radius 3 is 2.71 bits per heavy atom. The molecule has 0 aliphatic heterocycles. The molecule has 2 rings (SSSR count). The third-order valence-corrected chi connectivity index (χ3v) is 4.30. The Labute approximate surface area is 145 Å². The predicted molar refractivity (Wildman–Crippen MR) is 89.5 cm³/mol. The summed E-state index contributed by atoms with van der Waals surface area (Å²) in [5, 5.41) is 1.57. The quantitative estimate of drug-likeness (QED) is 0.486. The fraction of sp³-hybridized carbons (Fsp3) is 0.250. The Kier molecular flexibility index (Phi) is 5.66. The van der Waals surface area contributed by atoms with E-state index in [1.54, 1.807) is 19.2 Å². The summed E-state index contributed by atoms with van der Waals surface area (Å²) in [6.07, 6.45) is -3.08. The molecule has 0 unspecified atom stereocenters.